The van der Waals surface area contributed by atoms with Crippen molar-refractivity contribution in [3.05, 3.63) is 64.5 Å². The summed E-state index contributed by atoms with van der Waals surface area (Å²) in [5, 5.41) is 0. The van der Waals surface area contributed by atoms with Crippen molar-refractivity contribution in [2.75, 3.05) is 13.2 Å². The van der Waals surface area contributed by atoms with E-state index in [0.717, 1.165) is 5.56 Å². The van der Waals surface area contributed by atoms with E-state index in [1.54, 1.807) is 17.0 Å². The minimum absolute atomic E-state index is 0.233. The Bertz CT molecular complexity index is 709. The highest BCUT2D eigenvalue weighted by Gasteiger charge is 2.13. The minimum atomic E-state index is -0.591. The number of furan rings is 1. The van der Waals surface area contributed by atoms with E-state index in [9.17, 15) is 9.59 Å². The molecule has 5 nitrogen and oxygen atoms in total. The fourth-order valence-corrected chi connectivity index (χ4v) is 2.34. The van der Waals surface area contributed by atoms with Crippen LogP contribution in [0.4, 0.5) is 0 Å². The molecule has 0 unspecified atom stereocenters. The first-order chi connectivity index (χ1) is 11.6. The van der Waals surface area contributed by atoms with Crippen LogP contribution in [0.2, 0.25) is 0 Å². The van der Waals surface area contributed by atoms with Gasteiger partial charge in [0.05, 0.1) is 0 Å². The fourth-order valence-electron chi connectivity index (χ4n) is 2.02. The lowest BCUT2D eigenvalue weighted by molar-refractivity contribution is -0.148. The van der Waals surface area contributed by atoms with Gasteiger partial charge in [-0.2, -0.15) is 0 Å². The summed E-state index contributed by atoms with van der Waals surface area (Å²) in [7, 11) is 0. The Morgan fingerprint density at radius 2 is 1.96 bits per heavy atom. The topological polar surface area (TPSA) is 59.8 Å². The highest BCUT2D eigenvalue weighted by atomic mass is 79.9. The van der Waals surface area contributed by atoms with Gasteiger partial charge in [0, 0.05) is 19.2 Å². The maximum Gasteiger partial charge on any atom is 0.331 e. The minimum Gasteiger partial charge on any atom is -0.452 e. The smallest absolute Gasteiger partial charge is 0.331 e. The summed E-state index contributed by atoms with van der Waals surface area (Å²) in [6, 6.07) is 13.1. The predicted molar refractivity (Wildman–Crippen MR) is 93.9 cm³/mol. The van der Waals surface area contributed by atoms with Gasteiger partial charge in [0.1, 0.15) is 5.76 Å². The number of halogens is 1. The first kappa shape index (κ1) is 18.0. The van der Waals surface area contributed by atoms with Crippen molar-refractivity contribution in [1.82, 2.24) is 4.90 Å². The molecule has 0 aliphatic heterocycles. The second kappa shape index (κ2) is 9.08. The lowest BCUT2D eigenvalue weighted by Gasteiger charge is -2.20. The van der Waals surface area contributed by atoms with E-state index in [1.807, 2.05) is 37.3 Å². The third-order valence-electron chi connectivity index (χ3n) is 3.27. The summed E-state index contributed by atoms with van der Waals surface area (Å²) in [4.78, 5) is 25.5. The predicted octanol–water partition coefficient (Wildman–Crippen LogP) is 3.65. The van der Waals surface area contributed by atoms with Gasteiger partial charge in [0.15, 0.2) is 11.3 Å². The zero-order valence-corrected chi connectivity index (χ0v) is 14.9. The maximum atomic E-state index is 12.2. The summed E-state index contributed by atoms with van der Waals surface area (Å²) in [6.45, 7) is 2.63. The highest BCUT2D eigenvalue weighted by Crippen LogP contribution is 2.15. The van der Waals surface area contributed by atoms with Gasteiger partial charge in [-0.05, 0) is 46.6 Å². The number of esters is 1. The molecule has 1 aromatic heterocycles. The molecule has 0 radical (unpaired) electrons. The molecule has 0 saturated carbocycles. The quantitative estimate of drug-likeness (QED) is 0.533. The van der Waals surface area contributed by atoms with E-state index in [2.05, 4.69) is 15.9 Å². The molecule has 1 amide bonds. The molecular formula is C18H18BrNO4. The standard InChI is InChI=1S/C18H18BrNO4/c1-2-20(12-14-6-4-3-5-7-14)17(21)13-23-18(22)11-9-15-8-10-16(19)24-15/h3-11H,2,12-13H2,1H3/b11-9+. The third kappa shape index (κ3) is 5.70. The number of carbonyl (C=O) groups excluding carboxylic acids is 2. The van der Waals surface area contributed by atoms with E-state index in [0.29, 0.717) is 23.5 Å². The molecule has 1 aromatic carbocycles. The zero-order valence-electron chi connectivity index (χ0n) is 13.3. The van der Waals surface area contributed by atoms with Crippen LogP contribution in [-0.4, -0.2) is 29.9 Å². The van der Waals surface area contributed by atoms with Crippen LogP contribution in [0.5, 0.6) is 0 Å². The normalized spacial score (nSPS) is 10.8. The summed E-state index contributed by atoms with van der Waals surface area (Å²) in [5.41, 5.74) is 1.03. The van der Waals surface area contributed by atoms with E-state index in [1.165, 1.54) is 12.2 Å². The third-order valence-corrected chi connectivity index (χ3v) is 3.69. The van der Waals surface area contributed by atoms with E-state index in [4.69, 9.17) is 9.15 Å². The molecule has 24 heavy (non-hydrogen) atoms. The Labute approximate surface area is 149 Å². The fraction of sp³-hybridized carbons (Fsp3) is 0.222. The van der Waals surface area contributed by atoms with Crippen molar-refractivity contribution >= 4 is 33.9 Å². The van der Waals surface area contributed by atoms with Gasteiger partial charge in [-0.3, -0.25) is 4.79 Å². The van der Waals surface area contributed by atoms with Gasteiger partial charge >= 0.3 is 5.97 Å². The molecule has 2 rings (SSSR count). The van der Waals surface area contributed by atoms with Crippen molar-refractivity contribution in [3.63, 3.8) is 0 Å². The second-order valence-corrected chi connectivity index (χ2v) is 5.76. The van der Waals surface area contributed by atoms with Gasteiger partial charge in [-0.15, -0.1) is 0 Å². The lowest BCUT2D eigenvalue weighted by atomic mass is 10.2. The van der Waals surface area contributed by atoms with Crippen LogP contribution in [0.3, 0.4) is 0 Å². The Balaban J connectivity index is 1.82. The van der Waals surface area contributed by atoms with Crippen molar-refractivity contribution in [3.8, 4) is 0 Å². The zero-order chi connectivity index (χ0) is 17.4. The number of carbonyl (C=O) groups is 2. The number of likely N-dealkylation sites (N-methyl/N-ethyl adjacent to an activating group) is 1. The Kier molecular flexibility index (Phi) is 6.81. The molecule has 2 aromatic rings. The van der Waals surface area contributed by atoms with Crippen molar-refractivity contribution < 1.29 is 18.7 Å². The van der Waals surface area contributed by atoms with Crippen molar-refractivity contribution in [2.24, 2.45) is 0 Å². The first-order valence-electron chi connectivity index (χ1n) is 7.50. The van der Waals surface area contributed by atoms with E-state index >= 15 is 0 Å². The van der Waals surface area contributed by atoms with Crippen molar-refractivity contribution in [2.45, 2.75) is 13.5 Å². The van der Waals surface area contributed by atoms with Crippen LogP contribution in [0.15, 0.2) is 57.6 Å². The number of hydrogen-bond acceptors (Lipinski definition) is 4. The highest BCUT2D eigenvalue weighted by molar-refractivity contribution is 9.10. The lowest BCUT2D eigenvalue weighted by Crippen LogP contribution is -2.33. The molecule has 1 heterocycles. The number of rotatable bonds is 7. The number of nitrogens with zero attached hydrogens (tertiary/aromatic N) is 1. The molecular weight excluding hydrogens is 374 g/mol. The number of amides is 1. The number of hydrogen-bond donors (Lipinski definition) is 0. The van der Waals surface area contributed by atoms with Gasteiger partial charge in [-0.1, -0.05) is 30.3 Å². The summed E-state index contributed by atoms with van der Waals surface area (Å²) < 4.78 is 10.8. The summed E-state index contributed by atoms with van der Waals surface area (Å²) >= 11 is 3.17. The first-order valence-corrected chi connectivity index (χ1v) is 8.29. The molecule has 0 spiro atoms. The molecule has 0 aliphatic carbocycles. The monoisotopic (exact) mass is 391 g/mol. The Morgan fingerprint density at radius 3 is 2.58 bits per heavy atom. The molecule has 0 N–H and O–H groups in total. The van der Waals surface area contributed by atoms with Gasteiger partial charge < -0.3 is 14.1 Å². The molecule has 0 atom stereocenters. The van der Waals surface area contributed by atoms with Crippen LogP contribution in [-0.2, 0) is 20.9 Å². The second-order valence-electron chi connectivity index (χ2n) is 4.98. The number of benzene rings is 1. The van der Waals surface area contributed by atoms with Crippen LogP contribution in [0, 0.1) is 0 Å². The summed E-state index contributed by atoms with van der Waals surface area (Å²) in [6.07, 6.45) is 2.71. The van der Waals surface area contributed by atoms with Crippen LogP contribution >= 0.6 is 15.9 Å². The van der Waals surface area contributed by atoms with Gasteiger partial charge in [0.25, 0.3) is 5.91 Å². The largest absolute Gasteiger partial charge is 0.452 e. The van der Waals surface area contributed by atoms with Gasteiger partial charge in [0.2, 0.25) is 0 Å². The van der Waals surface area contributed by atoms with Crippen LogP contribution < -0.4 is 0 Å². The SMILES string of the molecule is CCN(Cc1ccccc1)C(=O)COC(=O)/C=C/c1ccc(Br)o1. The van der Waals surface area contributed by atoms with E-state index in [-0.39, 0.29) is 12.5 Å². The summed E-state index contributed by atoms with van der Waals surface area (Å²) in [5.74, 6) is -0.306. The molecule has 0 aliphatic rings. The average Bonchev–Trinajstić information content (AvgIpc) is 3.02. The van der Waals surface area contributed by atoms with Crippen LogP contribution in [0.25, 0.3) is 6.08 Å². The molecule has 126 valence electrons. The van der Waals surface area contributed by atoms with Gasteiger partial charge in [-0.25, -0.2) is 4.79 Å². The molecule has 0 saturated heterocycles. The van der Waals surface area contributed by atoms with Crippen LogP contribution in [0.1, 0.15) is 18.2 Å². The Morgan fingerprint density at radius 1 is 1.21 bits per heavy atom. The number of ether oxygens (including phenoxy) is 1. The van der Waals surface area contributed by atoms with Crippen molar-refractivity contribution in [1.29, 1.82) is 0 Å². The molecule has 0 bridgehead atoms. The molecule has 6 heteroatoms. The molecule has 0 fully saturated rings. The average molecular weight is 392 g/mol. The maximum absolute atomic E-state index is 12.2. The Hall–Kier alpha value is -2.34. The van der Waals surface area contributed by atoms with E-state index < -0.39 is 5.97 Å².